The molecule has 2 aromatic carbocycles. The van der Waals surface area contributed by atoms with Crippen LogP contribution < -0.4 is 5.56 Å². The molecule has 4 nitrogen and oxygen atoms in total. The largest absolute Gasteiger partial charge is 0.478 e. The molecule has 0 atom stereocenters. The highest BCUT2D eigenvalue weighted by molar-refractivity contribution is 5.89. The Labute approximate surface area is 120 Å². The van der Waals surface area contributed by atoms with Crippen LogP contribution in [-0.2, 0) is 6.54 Å². The van der Waals surface area contributed by atoms with Gasteiger partial charge in [-0.05, 0) is 29.1 Å². The summed E-state index contributed by atoms with van der Waals surface area (Å²) in [7, 11) is 0. The molecule has 0 spiro atoms. The molecule has 3 aromatic rings. The van der Waals surface area contributed by atoms with E-state index in [-0.39, 0.29) is 17.7 Å². The quantitative estimate of drug-likeness (QED) is 0.802. The van der Waals surface area contributed by atoms with Gasteiger partial charge >= 0.3 is 5.97 Å². The van der Waals surface area contributed by atoms with Crippen LogP contribution in [0.1, 0.15) is 15.9 Å². The number of benzene rings is 2. The molecule has 0 aliphatic carbocycles. The lowest BCUT2D eigenvalue weighted by atomic mass is 10.1. The van der Waals surface area contributed by atoms with Gasteiger partial charge in [-0.3, -0.25) is 4.79 Å². The number of aromatic nitrogens is 1. The lowest BCUT2D eigenvalue weighted by Gasteiger charge is -2.09. The zero-order valence-corrected chi connectivity index (χ0v) is 11.2. The van der Waals surface area contributed by atoms with Gasteiger partial charge in [0, 0.05) is 11.6 Å². The Kier molecular flexibility index (Phi) is 3.28. The average Bonchev–Trinajstić information content (AvgIpc) is 2.51. The van der Waals surface area contributed by atoms with E-state index >= 15 is 0 Å². The van der Waals surface area contributed by atoms with Gasteiger partial charge in [-0.15, -0.1) is 0 Å². The Morgan fingerprint density at radius 1 is 1.00 bits per heavy atom. The van der Waals surface area contributed by atoms with Crippen molar-refractivity contribution in [1.82, 2.24) is 4.57 Å². The Morgan fingerprint density at radius 2 is 1.71 bits per heavy atom. The van der Waals surface area contributed by atoms with Gasteiger partial charge in [0.25, 0.3) is 5.56 Å². The highest BCUT2D eigenvalue weighted by Crippen LogP contribution is 2.12. The fourth-order valence-corrected chi connectivity index (χ4v) is 2.40. The SMILES string of the molecule is O=C(O)c1ccccc1Cn1ccc2ccccc2c1=O. The minimum absolute atomic E-state index is 0.117. The van der Waals surface area contributed by atoms with Crippen LogP contribution in [0, 0.1) is 0 Å². The Balaban J connectivity index is 2.09. The Bertz CT molecular complexity index is 880. The van der Waals surface area contributed by atoms with Crippen molar-refractivity contribution in [2.75, 3.05) is 0 Å². The fraction of sp³-hybridized carbons (Fsp3) is 0.0588. The number of carboxylic acids is 1. The van der Waals surface area contributed by atoms with Crippen LogP contribution in [0.3, 0.4) is 0 Å². The lowest BCUT2D eigenvalue weighted by Crippen LogP contribution is -2.21. The summed E-state index contributed by atoms with van der Waals surface area (Å²) in [6.45, 7) is 0.242. The van der Waals surface area contributed by atoms with Gasteiger partial charge < -0.3 is 9.67 Å². The van der Waals surface area contributed by atoms with Gasteiger partial charge in [-0.2, -0.15) is 0 Å². The monoisotopic (exact) mass is 279 g/mol. The van der Waals surface area contributed by atoms with Gasteiger partial charge in [0.15, 0.2) is 0 Å². The number of nitrogens with zero attached hydrogens (tertiary/aromatic N) is 1. The number of hydrogen-bond acceptors (Lipinski definition) is 2. The van der Waals surface area contributed by atoms with Crippen molar-refractivity contribution >= 4 is 16.7 Å². The second-order valence-corrected chi connectivity index (χ2v) is 4.80. The number of pyridine rings is 1. The van der Waals surface area contributed by atoms with Crippen LogP contribution in [0.2, 0.25) is 0 Å². The van der Waals surface area contributed by atoms with E-state index in [2.05, 4.69) is 0 Å². The van der Waals surface area contributed by atoms with Crippen molar-refractivity contribution in [3.05, 3.63) is 82.3 Å². The summed E-state index contributed by atoms with van der Waals surface area (Å²) < 4.78 is 1.53. The lowest BCUT2D eigenvalue weighted by molar-refractivity contribution is 0.0695. The summed E-state index contributed by atoms with van der Waals surface area (Å²) in [5.74, 6) is -0.987. The smallest absolute Gasteiger partial charge is 0.336 e. The summed E-state index contributed by atoms with van der Waals surface area (Å²) in [6, 6.07) is 15.9. The van der Waals surface area contributed by atoms with Gasteiger partial charge in [-0.1, -0.05) is 36.4 Å². The summed E-state index contributed by atoms with van der Waals surface area (Å²) in [5, 5.41) is 10.7. The van der Waals surface area contributed by atoms with E-state index in [1.54, 1.807) is 36.5 Å². The molecule has 3 rings (SSSR count). The first-order valence-electron chi connectivity index (χ1n) is 6.56. The molecular formula is C17H13NO3. The third kappa shape index (κ3) is 2.43. The zero-order chi connectivity index (χ0) is 14.8. The zero-order valence-electron chi connectivity index (χ0n) is 11.2. The molecule has 0 radical (unpaired) electrons. The molecule has 1 heterocycles. The number of hydrogen-bond donors (Lipinski definition) is 1. The molecule has 1 aromatic heterocycles. The second-order valence-electron chi connectivity index (χ2n) is 4.80. The first-order chi connectivity index (χ1) is 10.2. The molecule has 0 saturated carbocycles. The Hall–Kier alpha value is -2.88. The van der Waals surface area contributed by atoms with Crippen LogP contribution in [-0.4, -0.2) is 15.6 Å². The highest BCUT2D eigenvalue weighted by Gasteiger charge is 2.10. The highest BCUT2D eigenvalue weighted by atomic mass is 16.4. The molecule has 0 unspecified atom stereocenters. The van der Waals surface area contributed by atoms with Crippen molar-refractivity contribution in [3.63, 3.8) is 0 Å². The van der Waals surface area contributed by atoms with Crippen molar-refractivity contribution < 1.29 is 9.90 Å². The Morgan fingerprint density at radius 3 is 2.52 bits per heavy atom. The molecule has 0 aliphatic rings. The first kappa shape index (κ1) is 13.1. The predicted molar refractivity (Wildman–Crippen MR) is 80.7 cm³/mol. The molecule has 1 N–H and O–H groups in total. The van der Waals surface area contributed by atoms with Crippen molar-refractivity contribution in [2.45, 2.75) is 6.54 Å². The minimum atomic E-state index is -0.987. The standard InChI is InChI=1S/C17H13NO3/c19-16-14-7-3-1-5-12(14)9-10-18(16)11-13-6-2-4-8-15(13)17(20)21/h1-10H,11H2,(H,20,21). The molecule has 104 valence electrons. The number of carbonyl (C=O) groups is 1. The van der Waals surface area contributed by atoms with E-state index < -0.39 is 5.97 Å². The van der Waals surface area contributed by atoms with E-state index in [1.165, 1.54) is 4.57 Å². The summed E-state index contributed by atoms with van der Waals surface area (Å²) in [5.41, 5.74) is 0.716. The fourth-order valence-electron chi connectivity index (χ4n) is 2.40. The van der Waals surface area contributed by atoms with Gasteiger partial charge in [0.05, 0.1) is 12.1 Å². The van der Waals surface area contributed by atoms with Crippen LogP contribution in [0.25, 0.3) is 10.8 Å². The maximum Gasteiger partial charge on any atom is 0.336 e. The van der Waals surface area contributed by atoms with Gasteiger partial charge in [0.2, 0.25) is 0 Å². The van der Waals surface area contributed by atoms with Gasteiger partial charge in [-0.25, -0.2) is 4.79 Å². The molecule has 0 bridgehead atoms. The number of rotatable bonds is 3. The predicted octanol–water partition coefficient (Wildman–Crippen LogP) is 2.75. The molecular weight excluding hydrogens is 266 g/mol. The van der Waals surface area contributed by atoms with Crippen LogP contribution in [0.5, 0.6) is 0 Å². The van der Waals surface area contributed by atoms with Gasteiger partial charge in [0.1, 0.15) is 0 Å². The topological polar surface area (TPSA) is 59.3 Å². The minimum Gasteiger partial charge on any atom is -0.478 e. The number of aromatic carboxylic acids is 1. The normalized spacial score (nSPS) is 10.7. The number of fused-ring (bicyclic) bond motifs is 1. The number of carboxylic acid groups (broad SMARTS) is 1. The molecule has 0 saturated heterocycles. The van der Waals surface area contributed by atoms with Crippen molar-refractivity contribution in [2.24, 2.45) is 0 Å². The van der Waals surface area contributed by atoms with Crippen molar-refractivity contribution in [3.8, 4) is 0 Å². The molecule has 21 heavy (non-hydrogen) atoms. The first-order valence-corrected chi connectivity index (χ1v) is 6.56. The average molecular weight is 279 g/mol. The summed E-state index contributed by atoms with van der Waals surface area (Å²) >= 11 is 0. The molecule has 4 heteroatoms. The van der Waals surface area contributed by atoms with E-state index in [9.17, 15) is 14.7 Å². The summed E-state index contributed by atoms with van der Waals surface area (Å²) in [4.78, 5) is 23.7. The maximum absolute atomic E-state index is 12.4. The maximum atomic E-state index is 12.4. The van der Waals surface area contributed by atoms with Crippen LogP contribution in [0.4, 0.5) is 0 Å². The second kappa shape index (κ2) is 5.25. The summed E-state index contributed by atoms with van der Waals surface area (Å²) in [6.07, 6.45) is 1.70. The molecule has 0 aliphatic heterocycles. The van der Waals surface area contributed by atoms with E-state index in [4.69, 9.17) is 0 Å². The van der Waals surface area contributed by atoms with Crippen LogP contribution >= 0.6 is 0 Å². The van der Waals surface area contributed by atoms with Crippen LogP contribution in [0.15, 0.2) is 65.6 Å². The van der Waals surface area contributed by atoms with E-state index in [1.807, 2.05) is 24.3 Å². The third-order valence-electron chi connectivity index (χ3n) is 3.47. The molecule has 0 amide bonds. The van der Waals surface area contributed by atoms with E-state index in [0.717, 1.165) is 5.39 Å². The van der Waals surface area contributed by atoms with Crippen molar-refractivity contribution in [1.29, 1.82) is 0 Å². The third-order valence-corrected chi connectivity index (χ3v) is 3.47. The molecule has 0 fully saturated rings. The van der Waals surface area contributed by atoms with E-state index in [0.29, 0.717) is 10.9 Å².